The molecule has 1 N–H and O–H groups in total. The predicted octanol–water partition coefficient (Wildman–Crippen LogP) is 3.33. The second-order valence-electron chi connectivity index (χ2n) is 7.12. The topological polar surface area (TPSA) is 109 Å². The Kier molecular flexibility index (Phi) is 6.10. The van der Waals surface area contributed by atoms with E-state index >= 15 is 0 Å². The summed E-state index contributed by atoms with van der Waals surface area (Å²) in [5.41, 5.74) is 2.15. The summed E-state index contributed by atoms with van der Waals surface area (Å²) >= 11 is 0. The molecule has 1 fully saturated rings. The first-order chi connectivity index (χ1) is 13.9. The van der Waals surface area contributed by atoms with Crippen LogP contribution >= 0.6 is 0 Å². The number of nitrogens with one attached hydrogen (secondary N) is 1. The van der Waals surface area contributed by atoms with Crippen LogP contribution in [0.15, 0.2) is 42.5 Å². The summed E-state index contributed by atoms with van der Waals surface area (Å²) in [6.45, 7) is 5.48. The molecule has 2 atom stereocenters. The van der Waals surface area contributed by atoms with Crippen LogP contribution in [0.2, 0.25) is 0 Å². The summed E-state index contributed by atoms with van der Waals surface area (Å²) in [5.74, 6) is -0.0198. The summed E-state index contributed by atoms with van der Waals surface area (Å²) in [4.78, 5) is 24.8. The van der Waals surface area contributed by atoms with Crippen LogP contribution < -0.4 is 5.32 Å². The number of nitriles is 1. The van der Waals surface area contributed by atoms with E-state index in [1.807, 2.05) is 36.9 Å². The van der Waals surface area contributed by atoms with Crippen molar-refractivity contribution >= 4 is 17.3 Å². The molecule has 0 bridgehead atoms. The lowest BCUT2D eigenvalue weighted by atomic mass is 10.1. The second-order valence-corrected chi connectivity index (χ2v) is 7.12. The first kappa shape index (κ1) is 20.3. The van der Waals surface area contributed by atoms with E-state index in [4.69, 9.17) is 4.74 Å². The molecule has 2 aromatic carbocycles. The molecule has 29 heavy (non-hydrogen) atoms. The summed E-state index contributed by atoms with van der Waals surface area (Å²) in [6, 6.07) is 13.4. The van der Waals surface area contributed by atoms with Crippen LogP contribution in [0.25, 0.3) is 0 Å². The minimum absolute atomic E-state index is 0.0159. The Bertz CT molecular complexity index is 942. The number of benzene rings is 2. The molecule has 0 radical (unpaired) electrons. The minimum Gasteiger partial charge on any atom is -0.380 e. The largest absolute Gasteiger partial charge is 0.380 e. The third-order valence-corrected chi connectivity index (χ3v) is 4.73. The Labute approximate surface area is 168 Å². The SMILES string of the molecule is CC1CN(C(=O)c2ccc(CNc3ccc([N+](=O)[O-])cc3C#N)cc2)CC(C)O1. The highest BCUT2D eigenvalue weighted by molar-refractivity contribution is 5.94. The van der Waals surface area contributed by atoms with Crippen LogP contribution in [-0.4, -0.2) is 41.0 Å². The van der Waals surface area contributed by atoms with E-state index in [0.29, 0.717) is 30.9 Å². The molecule has 1 amide bonds. The summed E-state index contributed by atoms with van der Waals surface area (Å²) in [6.07, 6.45) is 0.0319. The fraction of sp³-hybridized carbons (Fsp3) is 0.333. The van der Waals surface area contributed by atoms with Crippen LogP contribution in [0.5, 0.6) is 0 Å². The van der Waals surface area contributed by atoms with E-state index in [1.54, 1.807) is 12.1 Å². The lowest BCUT2D eigenvalue weighted by Gasteiger charge is -2.35. The van der Waals surface area contributed by atoms with Crippen molar-refractivity contribution in [3.8, 4) is 6.07 Å². The number of rotatable bonds is 5. The highest BCUT2D eigenvalue weighted by Crippen LogP contribution is 2.22. The molecule has 0 aromatic heterocycles. The number of nitro benzene ring substituents is 1. The third kappa shape index (κ3) is 4.89. The van der Waals surface area contributed by atoms with E-state index in [9.17, 15) is 20.2 Å². The maximum absolute atomic E-state index is 12.7. The molecule has 0 saturated carbocycles. The fourth-order valence-corrected chi connectivity index (χ4v) is 3.38. The Morgan fingerprint density at radius 1 is 1.24 bits per heavy atom. The fourth-order valence-electron chi connectivity index (χ4n) is 3.38. The normalized spacial score (nSPS) is 18.7. The molecule has 3 rings (SSSR count). The van der Waals surface area contributed by atoms with Crippen LogP contribution in [-0.2, 0) is 11.3 Å². The smallest absolute Gasteiger partial charge is 0.270 e. The molecule has 2 unspecified atom stereocenters. The molecular formula is C21H22N4O4. The Balaban J connectivity index is 1.65. The van der Waals surface area contributed by atoms with E-state index < -0.39 is 4.92 Å². The first-order valence-electron chi connectivity index (χ1n) is 9.33. The van der Waals surface area contributed by atoms with E-state index in [-0.39, 0.29) is 29.4 Å². The Morgan fingerprint density at radius 2 is 1.90 bits per heavy atom. The van der Waals surface area contributed by atoms with Gasteiger partial charge in [0, 0.05) is 37.3 Å². The van der Waals surface area contributed by atoms with Gasteiger partial charge in [-0.05, 0) is 37.6 Å². The van der Waals surface area contributed by atoms with Gasteiger partial charge in [0.25, 0.3) is 11.6 Å². The van der Waals surface area contributed by atoms with Gasteiger partial charge in [-0.2, -0.15) is 5.26 Å². The molecule has 1 saturated heterocycles. The number of morpholine rings is 1. The molecule has 0 spiro atoms. The highest BCUT2D eigenvalue weighted by atomic mass is 16.6. The zero-order valence-electron chi connectivity index (χ0n) is 16.3. The first-order valence-corrected chi connectivity index (χ1v) is 9.33. The van der Waals surface area contributed by atoms with Gasteiger partial charge in [-0.3, -0.25) is 14.9 Å². The van der Waals surface area contributed by atoms with Gasteiger partial charge in [0.15, 0.2) is 0 Å². The van der Waals surface area contributed by atoms with Crippen molar-refractivity contribution < 1.29 is 14.5 Å². The number of non-ortho nitro benzene ring substituents is 1. The van der Waals surface area contributed by atoms with Crippen molar-refractivity contribution in [1.29, 1.82) is 5.26 Å². The van der Waals surface area contributed by atoms with Crippen LogP contribution in [0.4, 0.5) is 11.4 Å². The summed E-state index contributed by atoms with van der Waals surface area (Å²) in [7, 11) is 0. The van der Waals surface area contributed by atoms with Crippen molar-refractivity contribution in [2.24, 2.45) is 0 Å². The van der Waals surface area contributed by atoms with Gasteiger partial charge in [0.2, 0.25) is 0 Å². The van der Waals surface area contributed by atoms with Gasteiger partial charge in [0.05, 0.1) is 28.4 Å². The van der Waals surface area contributed by atoms with E-state index in [1.165, 1.54) is 18.2 Å². The molecule has 1 heterocycles. The van der Waals surface area contributed by atoms with Gasteiger partial charge in [-0.1, -0.05) is 12.1 Å². The highest BCUT2D eigenvalue weighted by Gasteiger charge is 2.26. The Morgan fingerprint density at radius 3 is 2.48 bits per heavy atom. The van der Waals surface area contributed by atoms with Crippen molar-refractivity contribution in [3.63, 3.8) is 0 Å². The van der Waals surface area contributed by atoms with Crippen molar-refractivity contribution in [1.82, 2.24) is 4.90 Å². The molecule has 0 aliphatic carbocycles. The van der Waals surface area contributed by atoms with Crippen molar-refractivity contribution in [3.05, 3.63) is 69.3 Å². The maximum Gasteiger partial charge on any atom is 0.270 e. The van der Waals surface area contributed by atoms with Crippen LogP contribution in [0, 0.1) is 21.4 Å². The van der Waals surface area contributed by atoms with Gasteiger partial charge in [0.1, 0.15) is 6.07 Å². The Hall–Kier alpha value is -3.44. The molecular weight excluding hydrogens is 372 g/mol. The molecule has 1 aliphatic rings. The molecule has 1 aliphatic heterocycles. The lowest BCUT2D eigenvalue weighted by Crippen LogP contribution is -2.48. The van der Waals surface area contributed by atoms with Crippen LogP contribution in [0.1, 0.15) is 35.3 Å². The van der Waals surface area contributed by atoms with E-state index in [0.717, 1.165) is 5.56 Å². The number of carbonyl (C=O) groups is 1. The molecule has 2 aromatic rings. The molecule has 8 nitrogen and oxygen atoms in total. The number of carbonyl (C=O) groups excluding carboxylic acids is 1. The van der Waals surface area contributed by atoms with Crippen molar-refractivity contribution in [2.45, 2.75) is 32.6 Å². The average Bonchev–Trinajstić information content (AvgIpc) is 2.71. The third-order valence-electron chi connectivity index (χ3n) is 4.73. The number of ether oxygens (including phenoxy) is 1. The summed E-state index contributed by atoms with van der Waals surface area (Å²) in [5, 5.41) is 23.2. The quantitative estimate of drug-likeness (QED) is 0.615. The zero-order valence-corrected chi connectivity index (χ0v) is 16.3. The lowest BCUT2D eigenvalue weighted by molar-refractivity contribution is -0.384. The van der Waals surface area contributed by atoms with Crippen LogP contribution in [0.3, 0.4) is 0 Å². The number of nitrogens with zero attached hydrogens (tertiary/aromatic N) is 3. The molecule has 8 heteroatoms. The second kappa shape index (κ2) is 8.71. The monoisotopic (exact) mass is 394 g/mol. The van der Waals surface area contributed by atoms with Gasteiger partial charge in [-0.25, -0.2) is 0 Å². The van der Waals surface area contributed by atoms with Gasteiger partial charge < -0.3 is 15.0 Å². The standard InChI is InChI=1S/C21H22N4O4/c1-14-12-24(13-15(2)29-14)21(26)17-5-3-16(4-6-17)11-23-20-8-7-19(25(27)28)9-18(20)10-22/h3-9,14-15,23H,11-13H2,1-2H3. The number of hydrogen-bond donors (Lipinski definition) is 1. The number of hydrogen-bond acceptors (Lipinski definition) is 6. The van der Waals surface area contributed by atoms with Crippen molar-refractivity contribution in [2.75, 3.05) is 18.4 Å². The minimum atomic E-state index is -0.531. The van der Waals surface area contributed by atoms with E-state index in [2.05, 4.69) is 5.32 Å². The van der Waals surface area contributed by atoms with Gasteiger partial charge in [-0.15, -0.1) is 0 Å². The number of anilines is 1. The summed E-state index contributed by atoms with van der Waals surface area (Å²) < 4.78 is 5.67. The predicted molar refractivity (Wildman–Crippen MR) is 107 cm³/mol. The maximum atomic E-state index is 12.7. The van der Waals surface area contributed by atoms with Gasteiger partial charge >= 0.3 is 0 Å². The number of nitro groups is 1. The number of amides is 1. The zero-order chi connectivity index (χ0) is 21.0. The average molecular weight is 394 g/mol. The molecule has 150 valence electrons.